The van der Waals surface area contributed by atoms with Gasteiger partial charge in [0.2, 0.25) is 0 Å². The molecule has 212 valence electrons. The van der Waals surface area contributed by atoms with Gasteiger partial charge in [0.1, 0.15) is 49.4 Å². The predicted octanol–water partition coefficient (Wildman–Crippen LogP) is 5.15. The number of amides is 2. The number of para-hydroxylation sites is 2. The third kappa shape index (κ3) is 10.3. The molecule has 0 aliphatic rings. The molecule has 0 spiro atoms. The number of hydrogen-bond donors (Lipinski definition) is 2. The van der Waals surface area contributed by atoms with Gasteiger partial charge in [0.15, 0.2) is 0 Å². The molecule has 4 rings (SSSR count). The zero-order valence-corrected chi connectivity index (χ0v) is 22.8. The van der Waals surface area contributed by atoms with Crippen LogP contribution in [0.15, 0.2) is 109 Å². The topological polar surface area (TPSA) is 95.1 Å². The van der Waals surface area contributed by atoms with E-state index in [2.05, 4.69) is 10.6 Å². The van der Waals surface area contributed by atoms with Gasteiger partial charge in [0.25, 0.3) is 11.8 Å². The van der Waals surface area contributed by atoms with Crippen LogP contribution in [-0.2, 0) is 0 Å². The molecule has 0 saturated carbocycles. The van der Waals surface area contributed by atoms with Crippen LogP contribution in [0.25, 0.3) is 0 Å². The van der Waals surface area contributed by atoms with Gasteiger partial charge in [-0.1, -0.05) is 36.4 Å². The molecule has 0 aromatic heterocycles. The van der Waals surface area contributed by atoms with E-state index in [4.69, 9.17) is 18.9 Å². The van der Waals surface area contributed by atoms with Crippen molar-refractivity contribution in [3.8, 4) is 23.0 Å². The third-order valence-corrected chi connectivity index (χ3v) is 5.89. The van der Waals surface area contributed by atoms with Crippen LogP contribution in [0.4, 0.5) is 0 Å². The average Bonchev–Trinajstić information content (AvgIpc) is 3.02. The first-order valence-electron chi connectivity index (χ1n) is 13.6. The molecule has 8 nitrogen and oxygen atoms in total. The maximum Gasteiger partial charge on any atom is 0.251 e. The van der Waals surface area contributed by atoms with Gasteiger partial charge in [-0.05, 0) is 79.2 Å². The molecule has 2 N–H and O–H groups in total. The summed E-state index contributed by atoms with van der Waals surface area (Å²) < 4.78 is 22.5. The Morgan fingerprint density at radius 2 is 0.756 bits per heavy atom. The molecular formula is C33H34N2O6. The maximum atomic E-state index is 12.4. The fourth-order valence-corrected chi connectivity index (χ4v) is 3.77. The molecule has 0 unspecified atom stereocenters. The van der Waals surface area contributed by atoms with Crippen molar-refractivity contribution >= 4 is 11.8 Å². The summed E-state index contributed by atoms with van der Waals surface area (Å²) >= 11 is 0. The molecule has 0 saturated heterocycles. The number of ether oxygens (including phenoxy) is 4. The molecule has 8 heteroatoms. The van der Waals surface area contributed by atoms with E-state index < -0.39 is 0 Å². The number of carbonyl (C=O) groups is 2. The summed E-state index contributed by atoms with van der Waals surface area (Å²) in [6.07, 6.45) is 0.600. The van der Waals surface area contributed by atoms with Crippen molar-refractivity contribution in [2.24, 2.45) is 0 Å². The highest BCUT2D eigenvalue weighted by molar-refractivity contribution is 5.94. The Morgan fingerprint density at radius 3 is 1.10 bits per heavy atom. The van der Waals surface area contributed by atoms with Crippen LogP contribution in [0.1, 0.15) is 27.1 Å². The summed E-state index contributed by atoms with van der Waals surface area (Å²) in [5, 5.41) is 5.73. The van der Waals surface area contributed by atoms with Crippen molar-refractivity contribution in [1.29, 1.82) is 0 Å². The van der Waals surface area contributed by atoms with Crippen molar-refractivity contribution in [3.05, 3.63) is 120 Å². The van der Waals surface area contributed by atoms with Crippen LogP contribution in [0.2, 0.25) is 0 Å². The molecule has 2 amide bonds. The lowest BCUT2D eigenvalue weighted by molar-refractivity contribution is 0.0951. The minimum absolute atomic E-state index is 0.181. The van der Waals surface area contributed by atoms with E-state index in [1.807, 2.05) is 60.7 Å². The minimum atomic E-state index is -0.181. The van der Waals surface area contributed by atoms with E-state index in [0.717, 1.165) is 11.5 Å². The van der Waals surface area contributed by atoms with E-state index in [1.54, 1.807) is 48.5 Å². The maximum absolute atomic E-state index is 12.4. The summed E-state index contributed by atoms with van der Waals surface area (Å²) in [5.41, 5.74) is 1.08. The van der Waals surface area contributed by atoms with Gasteiger partial charge in [-0.25, -0.2) is 0 Å². The zero-order chi connectivity index (χ0) is 28.5. The van der Waals surface area contributed by atoms with Gasteiger partial charge >= 0.3 is 0 Å². The quantitative estimate of drug-likeness (QED) is 0.186. The van der Waals surface area contributed by atoms with Crippen LogP contribution >= 0.6 is 0 Å². The molecule has 4 aromatic carbocycles. The Morgan fingerprint density at radius 1 is 0.439 bits per heavy atom. The predicted molar refractivity (Wildman–Crippen MR) is 157 cm³/mol. The largest absolute Gasteiger partial charge is 0.490 e. The number of benzene rings is 4. The lowest BCUT2D eigenvalue weighted by atomic mass is 10.2. The summed E-state index contributed by atoms with van der Waals surface area (Å²) in [6, 6.07) is 33.0. The Bertz CT molecular complexity index is 1230. The first kappa shape index (κ1) is 29.0. The van der Waals surface area contributed by atoms with Crippen molar-refractivity contribution in [1.82, 2.24) is 10.6 Å². The van der Waals surface area contributed by atoms with Crippen molar-refractivity contribution < 1.29 is 28.5 Å². The highest BCUT2D eigenvalue weighted by Gasteiger charge is 2.07. The molecule has 0 aliphatic heterocycles. The number of hydrogen-bond acceptors (Lipinski definition) is 6. The third-order valence-electron chi connectivity index (χ3n) is 5.89. The van der Waals surface area contributed by atoms with Crippen LogP contribution in [0, 0.1) is 0 Å². The van der Waals surface area contributed by atoms with Crippen LogP contribution in [0.3, 0.4) is 0 Å². The Kier molecular flexibility index (Phi) is 11.5. The van der Waals surface area contributed by atoms with Crippen molar-refractivity contribution in [3.63, 3.8) is 0 Å². The molecule has 0 fully saturated rings. The Labute approximate surface area is 240 Å². The number of rotatable bonds is 16. The standard InChI is InChI=1S/C33H34N2O6/c36-32(26-12-16-30(17-13-26)40-24-22-38-28-8-3-1-4-9-28)34-20-7-21-35-33(37)27-14-18-31(19-15-27)41-25-23-39-29-10-5-2-6-11-29/h1-6,8-19H,7,20-25H2,(H,34,36)(H,35,37). The summed E-state index contributed by atoms with van der Waals surface area (Å²) in [7, 11) is 0. The van der Waals surface area contributed by atoms with Gasteiger partial charge in [-0.15, -0.1) is 0 Å². The first-order valence-corrected chi connectivity index (χ1v) is 13.6. The van der Waals surface area contributed by atoms with Crippen LogP contribution in [0.5, 0.6) is 23.0 Å². The molecule has 41 heavy (non-hydrogen) atoms. The fourth-order valence-electron chi connectivity index (χ4n) is 3.77. The van der Waals surface area contributed by atoms with Crippen molar-refractivity contribution in [2.75, 3.05) is 39.5 Å². The van der Waals surface area contributed by atoms with Crippen molar-refractivity contribution in [2.45, 2.75) is 6.42 Å². The molecule has 0 bridgehead atoms. The van der Waals surface area contributed by atoms with Gasteiger partial charge in [-0.3, -0.25) is 9.59 Å². The van der Waals surface area contributed by atoms with Gasteiger partial charge in [0.05, 0.1) is 0 Å². The normalized spacial score (nSPS) is 10.3. The van der Waals surface area contributed by atoms with Gasteiger partial charge in [-0.2, -0.15) is 0 Å². The SMILES string of the molecule is O=C(NCCCNC(=O)c1ccc(OCCOc2ccccc2)cc1)c1ccc(OCCOc2ccccc2)cc1. The first-order chi connectivity index (χ1) is 20.2. The molecule has 0 heterocycles. The van der Waals surface area contributed by atoms with E-state index >= 15 is 0 Å². The number of carbonyl (C=O) groups excluding carboxylic acids is 2. The second kappa shape index (κ2) is 16.2. The fraction of sp³-hybridized carbons (Fsp3) is 0.212. The van der Waals surface area contributed by atoms with Crippen LogP contribution in [-0.4, -0.2) is 51.3 Å². The van der Waals surface area contributed by atoms with E-state index in [0.29, 0.717) is 68.6 Å². The summed E-state index contributed by atoms with van der Waals surface area (Å²) in [6.45, 7) is 2.52. The highest BCUT2D eigenvalue weighted by Crippen LogP contribution is 2.14. The Hall–Kier alpha value is -4.98. The van der Waals surface area contributed by atoms with Crippen LogP contribution < -0.4 is 29.6 Å². The number of nitrogens with one attached hydrogen (secondary N) is 2. The van der Waals surface area contributed by atoms with E-state index in [-0.39, 0.29) is 11.8 Å². The lowest BCUT2D eigenvalue weighted by Gasteiger charge is -2.10. The molecule has 4 aromatic rings. The zero-order valence-electron chi connectivity index (χ0n) is 22.8. The molecule has 0 atom stereocenters. The minimum Gasteiger partial charge on any atom is -0.490 e. The molecular weight excluding hydrogens is 520 g/mol. The molecule has 0 aliphatic carbocycles. The lowest BCUT2D eigenvalue weighted by Crippen LogP contribution is -2.29. The molecule has 0 radical (unpaired) electrons. The summed E-state index contributed by atoms with van der Waals surface area (Å²) in [4.78, 5) is 24.8. The second-order valence-corrected chi connectivity index (χ2v) is 8.93. The van der Waals surface area contributed by atoms with E-state index in [1.165, 1.54) is 0 Å². The van der Waals surface area contributed by atoms with E-state index in [9.17, 15) is 9.59 Å². The Balaban J connectivity index is 1.06. The van der Waals surface area contributed by atoms with Gasteiger partial charge in [0, 0.05) is 24.2 Å². The second-order valence-electron chi connectivity index (χ2n) is 8.93. The smallest absolute Gasteiger partial charge is 0.251 e. The average molecular weight is 555 g/mol. The summed E-state index contributed by atoms with van der Waals surface area (Å²) in [5.74, 6) is 2.56. The highest BCUT2D eigenvalue weighted by atomic mass is 16.5. The monoisotopic (exact) mass is 554 g/mol. The van der Waals surface area contributed by atoms with Gasteiger partial charge < -0.3 is 29.6 Å².